The topological polar surface area (TPSA) is 52.9 Å². The van der Waals surface area contributed by atoms with Crippen molar-refractivity contribution in [3.05, 3.63) is 36.3 Å². The number of carbonyl (C=O) groups excluding carboxylic acids is 1. The second kappa shape index (κ2) is 5.98. The molecule has 0 saturated heterocycles. The minimum Gasteiger partial charge on any atom is -0.312 e. The standard InChI is InChI=1S/C14H10Cl2N2OS2/c15-11-5-8(12(16)21-11)13(19)18-14-9(6-17)7-3-1-2-4-10(7)20-14/h5H,1-4H2,(H,18,19). The number of fused-ring (bicyclic) bond motifs is 1. The van der Waals surface area contributed by atoms with E-state index in [9.17, 15) is 10.1 Å². The third-order valence-corrected chi connectivity index (χ3v) is 6.11. The molecule has 7 heteroatoms. The van der Waals surface area contributed by atoms with Crippen LogP contribution in [0.2, 0.25) is 8.67 Å². The molecule has 2 heterocycles. The summed E-state index contributed by atoms with van der Waals surface area (Å²) >= 11 is 14.5. The Morgan fingerprint density at radius 2 is 2.05 bits per heavy atom. The second-order valence-corrected chi connectivity index (χ2v) is 8.11. The van der Waals surface area contributed by atoms with Crippen molar-refractivity contribution >= 4 is 56.8 Å². The summed E-state index contributed by atoms with van der Waals surface area (Å²) in [6.45, 7) is 0. The monoisotopic (exact) mass is 356 g/mol. The van der Waals surface area contributed by atoms with E-state index in [1.54, 1.807) is 6.07 Å². The number of anilines is 1. The Labute approximate surface area is 140 Å². The van der Waals surface area contributed by atoms with E-state index in [0.717, 1.165) is 42.6 Å². The lowest BCUT2D eigenvalue weighted by molar-refractivity contribution is 0.102. The van der Waals surface area contributed by atoms with Gasteiger partial charge in [-0.2, -0.15) is 5.26 Å². The van der Waals surface area contributed by atoms with E-state index in [-0.39, 0.29) is 5.91 Å². The first-order valence-electron chi connectivity index (χ1n) is 6.41. The van der Waals surface area contributed by atoms with Gasteiger partial charge < -0.3 is 5.32 Å². The van der Waals surface area contributed by atoms with E-state index in [2.05, 4.69) is 11.4 Å². The van der Waals surface area contributed by atoms with E-state index >= 15 is 0 Å². The predicted octanol–water partition coefficient (Wildman–Crippen LogP) is 5.12. The molecule has 0 radical (unpaired) electrons. The number of hydrogen-bond acceptors (Lipinski definition) is 4. The number of amides is 1. The molecule has 1 N–H and O–H groups in total. The third kappa shape index (κ3) is 2.82. The lowest BCUT2D eigenvalue weighted by Gasteiger charge is -2.09. The molecule has 21 heavy (non-hydrogen) atoms. The van der Waals surface area contributed by atoms with Gasteiger partial charge in [0.15, 0.2) is 0 Å². The summed E-state index contributed by atoms with van der Waals surface area (Å²) in [4.78, 5) is 13.5. The largest absolute Gasteiger partial charge is 0.312 e. The lowest BCUT2D eigenvalue weighted by atomic mass is 9.96. The maximum atomic E-state index is 12.3. The maximum Gasteiger partial charge on any atom is 0.258 e. The fourth-order valence-electron chi connectivity index (χ4n) is 2.44. The van der Waals surface area contributed by atoms with Gasteiger partial charge in [-0.25, -0.2) is 0 Å². The molecule has 1 aliphatic carbocycles. The number of carbonyl (C=O) groups is 1. The SMILES string of the molecule is N#Cc1c(NC(=O)c2cc(Cl)sc2Cl)sc2c1CCCC2. The molecule has 3 rings (SSSR count). The van der Waals surface area contributed by atoms with Crippen LogP contribution in [0.3, 0.4) is 0 Å². The molecule has 2 aromatic heterocycles. The molecular weight excluding hydrogens is 347 g/mol. The van der Waals surface area contributed by atoms with Crippen LogP contribution < -0.4 is 5.32 Å². The smallest absolute Gasteiger partial charge is 0.258 e. The number of rotatable bonds is 2. The van der Waals surface area contributed by atoms with Gasteiger partial charge in [0, 0.05) is 4.88 Å². The van der Waals surface area contributed by atoms with E-state index < -0.39 is 0 Å². The van der Waals surface area contributed by atoms with Crippen LogP contribution >= 0.6 is 45.9 Å². The van der Waals surface area contributed by atoms with E-state index in [4.69, 9.17) is 23.2 Å². The fraction of sp³-hybridized carbons (Fsp3) is 0.286. The zero-order chi connectivity index (χ0) is 15.0. The number of nitrogens with zero attached hydrogens (tertiary/aromatic N) is 1. The molecule has 0 bridgehead atoms. The Hall–Kier alpha value is -1.06. The number of nitriles is 1. The van der Waals surface area contributed by atoms with E-state index in [0.29, 0.717) is 24.8 Å². The van der Waals surface area contributed by atoms with Crippen molar-refractivity contribution in [1.82, 2.24) is 0 Å². The maximum absolute atomic E-state index is 12.3. The lowest BCUT2D eigenvalue weighted by Crippen LogP contribution is -2.11. The number of nitrogens with one attached hydrogen (secondary N) is 1. The first kappa shape index (κ1) is 14.9. The summed E-state index contributed by atoms with van der Waals surface area (Å²) in [6, 6.07) is 3.76. The van der Waals surface area contributed by atoms with Crippen molar-refractivity contribution in [2.45, 2.75) is 25.7 Å². The van der Waals surface area contributed by atoms with Gasteiger partial charge >= 0.3 is 0 Å². The Kier molecular flexibility index (Phi) is 4.23. The minimum atomic E-state index is -0.321. The molecule has 0 fully saturated rings. The van der Waals surface area contributed by atoms with Crippen LogP contribution in [-0.4, -0.2) is 5.91 Å². The highest BCUT2D eigenvalue weighted by Gasteiger charge is 2.23. The average Bonchev–Trinajstić information content (AvgIpc) is 2.97. The van der Waals surface area contributed by atoms with Crippen molar-refractivity contribution in [2.75, 3.05) is 5.32 Å². The van der Waals surface area contributed by atoms with Crippen LogP contribution in [0.25, 0.3) is 0 Å². The molecule has 0 unspecified atom stereocenters. The molecule has 3 nitrogen and oxygen atoms in total. The summed E-state index contributed by atoms with van der Waals surface area (Å²) in [5.41, 5.74) is 2.04. The van der Waals surface area contributed by atoms with Crippen molar-refractivity contribution in [1.29, 1.82) is 5.26 Å². The Balaban J connectivity index is 1.92. The first-order valence-corrected chi connectivity index (χ1v) is 8.80. The molecule has 0 aliphatic heterocycles. The molecule has 1 aliphatic rings. The summed E-state index contributed by atoms with van der Waals surface area (Å²) in [7, 11) is 0. The Bertz CT molecular complexity index is 758. The van der Waals surface area contributed by atoms with Crippen molar-refractivity contribution < 1.29 is 4.79 Å². The molecule has 2 aromatic rings. The summed E-state index contributed by atoms with van der Waals surface area (Å²) in [5, 5.41) is 12.8. The highest BCUT2D eigenvalue weighted by molar-refractivity contribution is 7.20. The van der Waals surface area contributed by atoms with Crippen LogP contribution in [0.5, 0.6) is 0 Å². The van der Waals surface area contributed by atoms with Crippen molar-refractivity contribution in [2.24, 2.45) is 0 Å². The zero-order valence-electron chi connectivity index (χ0n) is 10.8. The molecular formula is C14H10Cl2N2OS2. The molecule has 0 aromatic carbocycles. The molecule has 0 atom stereocenters. The van der Waals surface area contributed by atoms with Gasteiger partial charge in [-0.1, -0.05) is 23.2 Å². The minimum absolute atomic E-state index is 0.321. The van der Waals surface area contributed by atoms with Crippen molar-refractivity contribution in [3.8, 4) is 6.07 Å². The van der Waals surface area contributed by atoms with Crippen LogP contribution in [0, 0.1) is 11.3 Å². The van der Waals surface area contributed by atoms with Crippen molar-refractivity contribution in [3.63, 3.8) is 0 Å². The number of aryl methyl sites for hydroxylation is 1. The van der Waals surface area contributed by atoms with Crippen LogP contribution in [0.1, 0.15) is 39.2 Å². The average molecular weight is 357 g/mol. The van der Waals surface area contributed by atoms with Gasteiger partial charge in [-0.3, -0.25) is 4.79 Å². The number of thiophene rings is 2. The van der Waals surface area contributed by atoms with Gasteiger partial charge in [0.1, 0.15) is 15.4 Å². The number of halogens is 2. The fourth-order valence-corrected chi connectivity index (χ4v) is 5.13. The van der Waals surface area contributed by atoms with Gasteiger partial charge in [-0.15, -0.1) is 22.7 Å². The summed E-state index contributed by atoms with van der Waals surface area (Å²) in [6.07, 6.45) is 4.13. The quantitative estimate of drug-likeness (QED) is 0.811. The predicted molar refractivity (Wildman–Crippen MR) is 88.0 cm³/mol. The normalized spacial score (nSPS) is 13.6. The molecule has 1 amide bonds. The summed E-state index contributed by atoms with van der Waals surface area (Å²) < 4.78 is 0.827. The Morgan fingerprint density at radius 1 is 1.29 bits per heavy atom. The first-order chi connectivity index (χ1) is 10.1. The van der Waals surface area contributed by atoms with Gasteiger partial charge in [-0.05, 0) is 37.3 Å². The van der Waals surface area contributed by atoms with Crippen LogP contribution in [0.4, 0.5) is 5.00 Å². The van der Waals surface area contributed by atoms with Gasteiger partial charge in [0.25, 0.3) is 5.91 Å². The molecule has 0 saturated carbocycles. The highest BCUT2D eigenvalue weighted by atomic mass is 35.5. The Morgan fingerprint density at radius 3 is 2.71 bits per heavy atom. The molecule has 0 spiro atoms. The van der Waals surface area contributed by atoms with E-state index in [1.807, 2.05) is 0 Å². The van der Waals surface area contributed by atoms with Crippen LogP contribution in [0.15, 0.2) is 6.07 Å². The summed E-state index contributed by atoms with van der Waals surface area (Å²) in [5.74, 6) is -0.321. The van der Waals surface area contributed by atoms with E-state index in [1.165, 1.54) is 16.2 Å². The molecule has 108 valence electrons. The zero-order valence-corrected chi connectivity index (χ0v) is 14.0. The third-order valence-electron chi connectivity index (χ3n) is 3.41. The van der Waals surface area contributed by atoms with Crippen LogP contribution in [-0.2, 0) is 12.8 Å². The van der Waals surface area contributed by atoms with Gasteiger partial charge in [0.2, 0.25) is 0 Å². The highest BCUT2D eigenvalue weighted by Crippen LogP contribution is 2.38. The second-order valence-electron chi connectivity index (χ2n) is 4.72. The van der Waals surface area contributed by atoms with Gasteiger partial charge in [0.05, 0.1) is 15.5 Å². The number of hydrogen-bond donors (Lipinski definition) is 1.